The van der Waals surface area contributed by atoms with Gasteiger partial charge in [0.05, 0.1) is 17.8 Å². The molecule has 1 N–H and O–H groups in total. The molecule has 1 amide bonds. The Balaban J connectivity index is 1.71. The van der Waals surface area contributed by atoms with Crippen LogP contribution in [0.3, 0.4) is 0 Å². The van der Waals surface area contributed by atoms with Gasteiger partial charge in [0.2, 0.25) is 5.95 Å². The van der Waals surface area contributed by atoms with Gasteiger partial charge >= 0.3 is 0 Å². The average molecular weight is 324 g/mol. The standard InChI is InChI=1S/C17H20N6O/c1-11-5-7-14(8-6-11)9-23-10-18-17(21-23)19-16(24)15-12(2)20-22(4)13(15)3/h5-8,10H,9H2,1-4H3,(H,19,21,24). The largest absolute Gasteiger partial charge is 0.289 e. The van der Waals surface area contributed by atoms with E-state index < -0.39 is 0 Å². The summed E-state index contributed by atoms with van der Waals surface area (Å²) < 4.78 is 3.39. The zero-order valence-corrected chi connectivity index (χ0v) is 14.2. The lowest BCUT2D eigenvalue weighted by Gasteiger charge is -2.03. The molecule has 0 saturated carbocycles. The molecule has 124 valence electrons. The van der Waals surface area contributed by atoms with E-state index in [1.165, 1.54) is 5.56 Å². The molecule has 0 unspecified atom stereocenters. The summed E-state index contributed by atoms with van der Waals surface area (Å²) in [4.78, 5) is 16.6. The molecule has 2 heterocycles. The Bertz CT molecular complexity index is 875. The summed E-state index contributed by atoms with van der Waals surface area (Å²) >= 11 is 0. The maximum Gasteiger partial charge on any atom is 0.261 e. The maximum absolute atomic E-state index is 12.4. The highest BCUT2D eigenvalue weighted by atomic mass is 16.1. The zero-order chi connectivity index (χ0) is 17.3. The summed E-state index contributed by atoms with van der Waals surface area (Å²) in [5, 5.41) is 11.3. The van der Waals surface area contributed by atoms with Crippen LogP contribution in [0.25, 0.3) is 0 Å². The predicted molar refractivity (Wildman–Crippen MR) is 90.9 cm³/mol. The number of rotatable bonds is 4. The quantitative estimate of drug-likeness (QED) is 0.798. The Morgan fingerprint density at radius 3 is 2.46 bits per heavy atom. The Morgan fingerprint density at radius 1 is 1.12 bits per heavy atom. The van der Waals surface area contributed by atoms with E-state index in [4.69, 9.17) is 0 Å². The number of anilines is 1. The third kappa shape index (κ3) is 3.19. The van der Waals surface area contributed by atoms with Crippen molar-refractivity contribution in [3.8, 4) is 0 Å². The van der Waals surface area contributed by atoms with E-state index in [1.807, 2.05) is 20.9 Å². The molecule has 3 aromatic rings. The van der Waals surface area contributed by atoms with Crippen molar-refractivity contribution in [1.29, 1.82) is 0 Å². The van der Waals surface area contributed by atoms with Gasteiger partial charge in [-0.15, -0.1) is 5.10 Å². The third-order valence-corrected chi connectivity index (χ3v) is 3.96. The van der Waals surface area contributed by atoms with Crippen molar-refractivity contribution in [2.75, 3.05) is 5.32 Å². The summed E-state index contributed by atoms with van der Waals surface area (Å²) in [5.74, 6) is 0.0425. The van der Waals surface area contributed by atoms with Crippen molar-refractivity contribution in [1.82, 2.24) is 24.5 Å². The first kappa shape index (κ1) is 15.9. The first-order valence-corrected chi connectivity index (χ1v) is 7.70. The fraction of sp³-hybridized carbons (Fsp3) is 0.294. The second-order valence-corrected chi connectivity index (χ2v) is 5.87. The molecule has 1 aromatic carbocycles. The highest BCUT2D eigenvalue weighted by Crippen LogP contribution is 2.13. The van der Waals surface area contributed by atoms with Crippen molar-refractivity contribution in [3.63, 3.8) is 0 Å². The minimum absolute atomic E-state index is 0.244. The maximum atomic E-state index is 12.4. The monoisotopic (exact) mass is 324 g/mol. The van der Waals surface area contributed by atoms with E-state index in [0.717, 1.165) is 11.3 Å². The first-order valence-electron chi connectivity index (χ1n) is 7.70. The Hall–Kier alpha value is -2.96. The lowest BCUT2D eigenvalue weighted by Crippen LogP contribution is -2.15. The molecule has 0 radical (unpaired) electrons. The first-order chi connectivity index (χ1) is 11.4. The normalized spacial score (nSPS) is 10.8. The van der Waals surface area contributed by atoms with Gasteiger partial charge in [-0.05, 0) is 26.3 Å². The van der Waals surface area contributed by atoms with E-state index in [2.05, 4.69) is 51.7 Å². The summed E-state index contributed by atoms with van der Waals surface area (Å²) in [5.41, 5.74) is 4.40. The lowest BCUT2D eigenvalue weighted by atomic mass is 10.1. The van der Waals surface area contributed by atoms with Crippen molar-refractivity contribution in [2.45, 2.75) is 27.3 Å². The number of nitrogens with one attached hydrogen (secondary N) is 1. The summed E-state index contributed by atoms with van der Waals surface area (Å²) in [7, 11) is 1.81. The summed E-state index contributed by atoms with van der Waals surface area (Å²) in [6, 6.07) is 8.22. The number of hydrogen-bond acceptors (Lipinski definition) is 4. The minimum Gasteiger partial charge on any atom is -0.289 e. The van der Waals surface area contributed by atoms with Gasteiger partial charge in [0.1, 0.15) is 6.33 Å². The van der Waals surface area contributed by atoms with Crippen LogP contribution in [-0.2, 0) is 13.6 Å². The molecule has 3 rings (SSSR count). The molecule has 0 aliphatic heterocycles. The van der Waals surface area contributed by atoms with Gasteiger partial charge < -0.3 is 0 Å². The fourth-order valence-corrected chi connectivity index (χ4v) is 2.57. The molecule has 24 heavy (non-hydrogen) atoms. The molecular formula is C17H20N6O. The van der Waals surface area contributed by atoms with Crippen LogP contribution in [0, 0.1) is 20.8 Å². The molecule has 2 aromatic heterocycles. The molecule has 7 heteroatoms. The van der Waals surface area contributed by atoms with Crippen LogP contribution in [0.1, 0.15) is 32.9 Å². The Kier molecular flexibility index (Phi) is 4.16. The van der Waals surface area contributed by atoms with E-state index in [9.17, 15) is 4.79 Å². The van der Waals surface area contributed by atoms with Gasteiger partial charge in [-0.2, -0.15) is 5.10 Å². The van der Waals surface area contributed by atoms with Crippen LogP contribution in [0.5, 0.6) is 0 Å². The van der Waals surface area contributed by atoms with Crippen LogP contribution in [0.2, 0.25) is 0 Å². The molecule has 0 aliphatic rings. The van der Waals surface area contributed by atoms with Gasteiger partial charge in [0.25, 0.3) is 5.91 Å². The second-order valence-electron chi connectivity index (χ2n) is 5.87. The van der Waals surface area contributed by atoms with E-state index in [-0.39, 0.29) is 11.9 Å². The highest BCUT2D eigenvalue weighted by Gasteiger charge is 2.18. The van der Waals surface area contributed by atoms with Gasteiger partial charge in [-0.3, -0.25) is 14.8 Å². The van der Waals surface area contributed by atoms with E-state index in [0.29, 0.717) is 17.8 Å². The molecule has 7 nitrogen and oxygen atoms in total. The van der Waals surface area contributed by atoms with E-state index >= 15 is 0 Å². The number of hydrogen-bond donors (Lipinski definition) is 1. The molecular weight excluding hydrogens is 304 g/mol. The topological polar surface area (TPSA) is 77.6 Å². The summed E-state index contributed by atoms with van der Waals surface area (Å²) in [6.45, 7) is 6.33. The van der Waals surface area contributed by atoms with E-state index in [1.54, 1.807) is 15.7 Å². The minimum atomic E-state index is -0.244. The molecule has 0 bridgehead atoms. The summed E-state index contributed by atoms with van der Waals surface area (Å²) in [6.07, 6.45) is 1.61. The Labute approximate surface area is 140 Å². The number of carbonyl (C=O) groups is 1. The smallest absolute Gasteiger partial charge is 0.261 e. The SMILES string of the molecule is Cc1ccc(Cn2cnc(NC(=O)c3c(C)nn(C)c3C)n2)cc1. The van der Waals surface area contributed by atoms with Crippen molar-refractivity contribution in [3.05, 3.63) is 58.7 Å². The van der Waals surface area contributed by atoms with Crippen molar-refractivity contribution < 1.29 is 4.79 Å². The number of carbonyl (C=O) groups excluding carboxylic acids is 1. The molecule has 0 spiro atoms. The zero-order valence-electron chi connectivity index (χ0n) is 14.2. The Morgan fingerprint density at radius 2 is 1.83 bits per heavy atom. The number of amides is 1. The highest BCUT2D eigenvalue weighted by molar-refractivity contribution is 6.04. The van der Waals surface area contributed by atoms with Crippen LogP contribution in [0.15, 0.2) is 30.6 Å². The second kappa shape index (κ2) is 6.27. The molecule has 0 aliphatic carbocycles. The van der Waals surface area contributed by atoms with Crippen molar-refractivity contribution in [2.24, 2.45) is 7.05 Å². The van der Waals surface area contributed by atoms with Gasteiger partial charge in [-0.1, -0.05) is 29.8 Å². The predicted octanol–water partition coefficient (Wildman–Crippen LogP) is 2.24. The van der Waals surface area contributed by atoms with Gasteiger partial charge in [-0.25, -0.2) is 9.67 Å². The van der Waals surface area contributed by atoms with Crippen LogP contribution in [-0.4, -0.2) is 30.5 Å². The fourth-order valence-electron chi connectivity index (χ4n) is 2.57. The third-order valence-electron chi connectivity index (χ3n) is 3.96. The average Bonchev–Trinajstić information content (AvgIpc) is 3.06. The molecule has 0 atom stereocenters. The molecule has 0 saturated heterocycles. The lowest BCUT2D eigenvalue weighted by molar-refractivity contribution is 0.102. The number of aryl methyl sites for hydroxylation is 3. The van der Waals surface area contributed by atoms with Gasteiger partial charge in [0, 0.05) is 12.7 Å². The number of benzene rings is 1. The van der Waals surface area contributed by atoms with Crippen LogP contribution >= 0.6 is 0 Å². The molecule has 0 fully saturated rings. The van der Waals surface area contributed by atoms with Gasteiger partial charge in [0.15, 0.2) is 0 Å². The van der Waals surface area contributed by atoms with Crippen LogP contribution in [0.4, 0.5) is 5.95 Å². The van der Waals surface area contributed by atoms with Crippen LogP contribution < -0.4 is 5.32 Å². The van der Waals surface area contributed by atoms with Crippen molar-refractivity contribution >= 4 is 11.9 Å². The number of aromatic nitrogens is 5. The number of nitrogens with zero attached hydrogens (tertiary/aromatic N) is 5.